The van der Waals surface area contributed by atoms with Gasteiger partial charge in [-0.3, -0.25) is 0 Å². The molecule has 0 aliphatic heterocycles. The van der Waals surface area contributed by atoms with Gasteiger partial charge in [0.1, 0.15) is 0 Å². The van der Waals surface area contributed by atoms with Gasteiger partial charge in [0.15, 0.2) is 0 Å². The summed E-state index contributed by atoms with van der Waals surface area (Å²) in [6, 6.07) is 35.9. The molecule has 4 nitrogen and oxygen atoms in total. The Hall–Kier alpha value is -4.44. The van der Waals surface area contributed by atoms with Crippen LogP contribution in [0.4, 0.5) is 0 Å². The SMILES string of the molecule is [2H]C([2H])([2H])c1cnc(-c2[c-]ccc3c2oc2nc(-c4c(C)cccc4C)ccc23)cc1C1([2H])CCCCC1.[Ir].[c-]1ccccc1-c1ccccn1. The van der Waals surface area contributed by atoms with Gasteiger partial charge in [-0.15, -0.1) is 54.1 Å². The summed E-state index contributed by atoms with van der Waals surface area (Å²) in [5, 5.41) is 1.80. The van der Waals surface area contributed by atoms with E-state index in [0.29, 0.717) is 41.0 Å². The molecule has 0 saturated heterocycles. The molecule has 0 amide bonds. The molecular formula is C42H37IrN3O-2. The summed E-state index contributed by atoms with van der Waals surface area (Å²) >= 11 is 0. The van der Waals surface area contributed by atoms with Crippen LogP contribution in [0, 0.1) is 32.8 Å². The average molecular weight is 796 g/mol. The molecule has 0 N–H and O–H groups in total. The van der Waals surface area contributed by atoms with Gasteiger partial charge in [-0.1, -0.05) is 66.6 Å². The van der Waals surface area contributed by atoms with Crippen LogP contribution < -0.4 is 0 Å². The number of rotatable bonds is 4. The van der Waals surface area contributed by atoms with Gasteiger partial charge >= 0.3 is 0 Å². The van der Waals surface area contributed by atoms with Gasteiger partial charge in [0.25, 0.3) is 0 Å². The van der Waals surface area contributed by atoms with Crippen LogP contribution in [0.3, 0.4) is 0 Å². The summed E-state index contributed by atoms with van der Waals surface area (Å²) in [5.41, 5.74) is 9.32. The molecule has 0 unspecified atom stereocenters. The average Bonchev–Trinajstić information content (AvgIpc) is 3.51. The summed E-state index contributed by atoms with van der Waals surface area (Å²) in [5.74, 6) is -0.941. The Labute approximate surface area is 296 Å². The maximum atomic E-state index is 9.21. The van der Waals surface area contributed by atoms with E-state index in [9.17, 15) is 1.37 Å². The van der Waals surface area contributed by atoms with Crippen molar-refractivity contribution in [3.8, 4) is 33.8 Å². The number of benzene rings is 3. The van der Waals surface area contributed by atoms with Crippen LogP contribution in [0.1, 0.15) is 65.7 Å². The Morgan fingerprint density at radius 1 is 0.766 bits per heavy atom. The minimum absolute atomic E-state index is 0. The Morgan fingerprint density at radius 3 is 2.34 bits per heavy atom. The maximum absolute atomic E-state index is 9.21. The number of aromatic nitrogens is 3. The molecule has 3 aromatic carbocycles. The largest absolute Gasteiger partial charge is 0.486 e. The first-order valence-corrected chi connectivity index (χ1v) is 15.8. The number of hydrogen-bond donors (Lipinski definition) is 0. The molecular weight excluding hydrogens is 755 g/mol. The van der Waals surface area contributed by atoms with E-state index in [2.05, 4.69) is 48.1 Å². The minimum Gasteiger partial charge on any atom is -0.486 e. The molecule has 7 aromatic rings. The number of fused-ring (bicyclic) bond motifs is 3. The summed E-state index contributed by atoms with van der Waals surface area (Å²) in [4.78, 5) is 13.7. The Bertz CT molecular complexity index is 2220. The fraction of sp³-hybridized carbons (Fsp3) is 0.214. The van der Waals surface area contributed by atoms with Gasteiger partial charge in [-0.2, -0.15) is 0 Å². The molecule has 0 atom stereocenters. The Balaban J connectivity index is 0.000000291. The van der Waals surface area contributed by atoms with Crippen molar-refractivity contribution in [3.05, 3.63) is 138 Å². The van der Waals surface area contributed by atoms with E-state index in [4.69, 9.17) is 13.5 Å². The van der Waals surface area contributed by atoms with Crippen LogP contribution in [0.15, 0.2) is 108 Å². The number of hydrogen-bond acceptors (Lipinski definition) is 4. The van der Waals surface area contributed by atoms with Crippen molar-refractivity contribution in [2.45, 2.75) is 58.7 Å². The van der Waals surface area contributed by atoms with Gasteiger partial charge < -0.3 is 14.4 Å². The second kappa shape index (κ2) is 14.5. The molecule has 8 rings (SSSR count). The van der Waals surface area contributed by atoms with E-state index in [1.807, 2.05) is 72.8 Å². The molecule has 1 radical (unpaired) electrons. The predicted octanol–water partition coefficient (Wildman–Crippen LogP) is 11.0. The molecule has 1 fully saturated rings. The standard InChI is InChI=1S/C31H29N2O.C11H8N.Ir/c1-19-9-7-10-20(2)29(19)27-16-15-24-23-13-8-14-25(30(23)34-31(24)33-27)28-17-26(21(3)18-32-28)22-11-5-4-6-12-22;1-2-6-10(7-3-1)11-8-4-5-9-12-11;/h7-10,13,15-18,22H,4-6,11-12H2,1-3H3;1-6,8-9H;/q2*-1;/i3D3,22D;;. The van der Waals surface area contributed by atoms with E-state index in [1.54, 1.807) is 12.3 Å². The first kappa shape index (κ1) is 27.7. The van der Waals surface area contributed by atoms with E-state index in [1.165, 1.54) is 6.20 Å². The summed E-state index contributed by atoms with van der Waals surface area (Å²) in [6.07, 6.45) is 7.41. The fourth-order valence-corrected chi connectivity index (χ4v) is 6.38. The normalized spacial score (nSPS) is 15.4. The number of nitrogens with zero attached hydrogens (tertiary/aromatic N) is 3. The van der Waals surface area contributed by atoms with Gasteiger partial charge in [0.05, 0.1) is 11.3 Å². The van der Waals surface area contributed by atoms with Gasteiger partial charge in [-0.25, -0.2) is 4.98 Å². The monoisotopic (exact) mass is 796 g/mol. The van der Waals surface area contributed by atoms with Crippen LogP contribution in [-0.2, 0) is 20.1 Å². The van der Waals surface area contributed by atoms with Crippen molar-refractivity contribution >= 4 is 22.1 Å². The summed E-state index contributed by atoms with van der Waals surface area (Å²) < 4.78 is 39.8. The molecule has 1 aliphatic carbocycles. The molecule has 5 heteroatoms. The van der Waals surface area contributed by atoms with Crippen molar-refractivity contribution in [2.24, 2.45) is 0 Å². The predicted molar refractivity (Wildman–Crippen MR) is 188 cm³/mol. The van der Waals surface area contributed by atoms with Crippen molar-refractivity contribution in [1.82, 2.24) is 15.0 Å². The van der Waals surface area contributed by atoms with E-state index < -0.39 is 12.7 Å². The van der Waals surface area contributed by atoms with Gasteiger partial charge in [-0.05, 0) is 91.3 Å². The second-order valence-corrected chi connectivity index (χ2v) is 11.8. The Kier molecular flexibility index (Phi) is 8.56. The zero-order chi connectivity index (χ0) is 34.9. The number of furan rings is 1. The van der Waals surface area contributed by atoms with Crippen LogP contribution in [0.5, 0.6) is 0 Å². The fourth-order valence-electron chi connectivity index (χ4n) is 6.38. The van der Waals surface area contributed by atoms with E-state index in [-0.39, 0.29) is 25.7 Å². The molecule has 0 bridgehead atoms. The zero-order valence-electron chi connectivity index (χ0n) is 30.4. The van der Waals surface area contributed by atoms with Crippen molar-refractivity contribution < 1.29 is 30.0 Å². The number of pyridine rings is 3. The zero-order valence-corrected chi connectivity index (χ0v) is 28.8. The smallest absolute Gasteiger partial charge is 0.216 e. The maximum Gasteiger partial charge on any atom is 0.216 e. The van der Waals surface area contributed by atoms with Crippen molar-refractivity contribution in [1.29, 1.82) is 0 Å². The quantitative estimate of drug-likeness (QED) is 0.167. The molecule has 1 aliphatic rings. The molecule has 4 aromatic heterocycles. The first-order chi connectivity index (χ1) is 24.1. The first-order valence-electron chi connectivity index (χ1n) is 17.8. The molecule has 4 heterocycles. The molecule has 1 saturated carbocycles. The van der Waals surface area contributed by atoms with Crippen LogP contribution in [0.25, 0.3) is 55.8 Å². The summed E-state index contributed by atoms with van der Waals surface area (Å²) in [6.45, 7) is 1.82. The molecule has 47 heavy (non-hydrogen) atoms. The van der Waals surface area contributed by atoms with E-state index >= 15 is 0 Å². The van der Waals surface area contributed by atoms with Crippen LogP contribution >= 0.6 is 0 Å². The van der Waals surface area contributed by atoms with Crippen LogP contribution in [0.2, 0.25) is 0 Å². The van der Waals surface area contributed by atoms with Crippen molar-refractivity contribution in [3.63, 3.8) is 0 Å². The third-order valence-electron chi connectivity index (χ3n) is 8.68. The topological polar surface area (TPSA) is 51.8 Å². The third kappa shape index (κ3) is 6.83. The van der Waals surface area contributed by atoms with Gasteiger partial charge in [0.2, 0.25) is 5.71 Å². The Morgan fingerprint density at radius 2 is 1.60 bits per heavy atom. The minimum atomic E-state index is -2.34. The van der Waals surface area contributed by atoms with E-state index in [0.717, 1.165) is 63.7 Å². The van der Waals surface area contributed by atoms with Gasteiger partial charge in [0, 0.05) is 48.9 Å². The third-order valence-corrected chi connectivity index (χ3v) is 8.68. The second-order valence-electron chi connectivity index (χ2n) is 11.8. The van der Waals surface area contributed by atoms with Crippen LogP contribution in [-0.4, -0.2) is 15.0 Å². The molecule has 237 valence electrons. The summed E-state index contributed by atoms with van der Waals surface area (Å²) in [7, 11) is 0. The number of aryl methyl sites for hydroxylation is 3. The van der Waals surface area contributed by atoms with Crippen molar-refractivity contribution in [2.75, 3.05) is 0 Å². The molecule has 0 spiro atoms.